The van der Waals surface area contributed by atoms with Crippen LogP contribution in [0.3, 0.4) is 0 Å². The predicted molar refractivity (Wildman–Crippen MR) is 89.8 cm³/mol. The van der Waals surface area contributed by atoms with E-state index in [1.807, 2.05) is 13.1 Å². The van der Waals surface area contributed by atoms with Gasteiger partial charge in [0.25, 0.3) is 0 Å². The predicted octanol–water partition coefficient (Wildman–Crippen LogP) is 4.48. The highest BCUT2D eigenvalue weighted by molar-refractivity contribution is 9.10. The van der Waals surface area contributed by atoms with Crippen LogP contribution in [0.25, 0.3) is 0 Å². The van der Waals surface area contributed by atoms with E-state index < -0.39 is 0 Å². The second-order valence-electron chi connectivity index (χ2n) is 6.11. The quantitative estimate of drug-likeness (QED) is 0.887. The van der Waals surface area contributed by atoms with Gasteiger partial charge in [-0.05, 0) is 48.2 Å². The number of halogens is 1. The van der Waals surface area contributed by atoms with Crippen molar-refractivity contribution in [2.24, 2.45) is 0 Å². The van der Waals surface area contributed by atoms with Crippen molar-refractivity contribution in [3.8, 4) is 0 Å². The molecule has 1 saturated carbocycles. The number of hydrogen-bond acceptors (Lipinski definition) is 3. The molecule has 1 aromatic carbocycles. The van der Waals surface area contributed by atoms with Gasteiger partial charge in [-0.3, -0.25) is 0 Å². The zero-order valence-electron chi connectivity index (χ0n) is 12.7. The van der Waals surface area contributed by atoms with Crippen LogP contribution in [0, 0.1) is 0 Å². The van der Waals surface area contributed by atoms with E-state index in [9.17, 15) is 0 Å². The zero-order chi connectivity index (χ0) is 15.0. The van der Waals surface area contributed by atoms with E-state index >= 15 is 0 Å². The molecule has 110 valence electrons. The molecule has 4 heteroatoms. The third-order valence-corrected chi connectivity index (χ3v) is 4.91. The monoisotopic (exact) mass is 345 g/mol. The Morgan fingerprint density at radius 1 is 1.14 bits per heavy atom. The van der Waals surface area contributed by atoms with Crippen LogP contribution in [0.15, 0.2) is 34.8 Å². The minimum atomic E-state index is -0.211. The van der Waals surface area contributed by atoms with E-state index in [1.165, 1.54) is 18.4 Å². The fraction of sp³-hybridized carbons (Fsp3) is 0.412. The highest BCUT2D eigenvalue weighted by Gasteiger charge is 2.33. The summed E-state index contributed by atoms with van der Waals surface area (Å²) < 4.78 is 1.01. The number of nitrogens with zero attached hydrogens (tertiary/aromatic N) is 2. The van der Waals surface area contributed by atoms with Crippen molar-refractivity contribution in [3.63, 3.8) is 0 Å². The van der Waals surface area contributed by atoms with Gasteiger partial charge in [0.1, 0.15) is 11.6 Å². The Hall–Kier alpha value is -1.42. The van der Waals surface area contributed by atoms with Gasteiger partial charge < -0.3 is 5.32 Å². The fourth-order valence-electron chi connectivity index (χ4n) is 2.52. The maximum Gasteiger partial charge on any atom is 0.144 e. The van der Waals surface area contributed by atoms with Gasteiger partial charge in [-0.2, -0.15) is 0 Å². The normalized spacial score (nSPS) is 15.0. The Kier molecular flexibility index (Phi) is 3.74. The topological polar surface area (TPSA) is 37.8 Å². The Bertz CT molecular complexity index is 649. The fourth-order valence-corrected chi connectivity index (χ4v) is 3.22. The van der Waals surface area contributed by atoms with Crippen LogP contribution in [0.5, 0.6) is 0 Å². The highest BCUT2D eigenvalue weighted by Crippen LogP contribution is 2.44. The van der Waals surface area contributed by atoms with Crippen LogP contribution in [0.4, 0.5) is 5.82 Å². The lowest BCUT2D eigenvalue weighted by Gasteiger charge is -2.25. The maximum atomic E-state index is 4.89. The van der Waals surface area contributed by atoms with Crippen LogP contribution < -0.4 is 5.32 Å². The Morgan fingerprint density at radius 2 is 1.81 bits per heavy atom. The third kappa shape index (κ3) is 2.69. The van der Waals surface area contributed by atoms with Gasteiger partial charge in [0.15, 0.2) is 0 Å². The van der Waals surface area contributed by atoms with Crippen molar-refractivity contribution >= 4 is 21.7 Å². The third-order valence-electron chi connectivity index (χ3n) is 4.13. The maximum absolute atomic E-state index is 4.89. The minimum Gasteiger partial charge on any atom is -0.372 e. The molecule has 3 nitrogen and oxygen atoms in total. The summed E-state index contributed by atoms with van der Waals surface area (Å²) in [6.45, 7) is 4.36. The average Bonchev–Trinajstić information content (AvgIpc) is 3.33. The summed E-state index contributed by atoms with van der Waals surface area (Å²) in [5.74, 6) is 2.34. The van der Waals surface area contributed by atoms with Crippen molar-refractivity contribution in [1.82, 2.24) is 9.97 Å². The van der Waals surface area contributed by atoms with Gasteiger partial charge in [-0.1, -0.05) is 30.3 Å². The van der Waals surface area contributed by atoms with Gasteiger partial charge in [0.05, 0.1) is 10.2 Å². The summed E-state index contributed by atoms with van der Waals surface area (Å²) in [6, 6.07) is 10.5. The van der Waals surface area contributed by atoms with E-state index in [2.05, 4.69) is 59.4 Å². The Labute approximate surface area is 134 Å². The standard InChI is InChI=1S/C17H20BrN3/c1-17(2,12-7-5-4-6-8-12)16-20-14(11-9-10-11)13(18)15(19-3)21-16/h4-8,11H,9-10H2,1-3H3,(H,19,20,21). The molecule has 1 fully saturated rings. The number of benzene rings is 1. The summed E-state index contributed by atoms with van der Waals surface area (Å²) >= 11 is 3.65. The Balaban J connectivity index is 2.11. The molecule has 1 N–H and O–H groups in total. The number of hydrogen-bond donors (Lipinski definition) is 1. The molecule has 0 aliphatic heterocycles. The smallest absolute Gasteiger partial charge is 0.144 e. The molecule has 21 heavy (non-hydrogen) atoms. The molecule has 0 spiro atoms. The number of anilines is 1. The van der Waals surface area contributed by atoms with Gasteiger partial charge in [0.2, 0.25) is 0 Å². The molecule has 0 atom stereocenters. The molecule has 3 rings (SSSR count). The lowest BCUT2D eigenvalue weighted by Crippen LogP contribution is -2.24. The molecule has 2 aromatic rings. The SMILES string of the molecule is CNc1nc(C(C)(C)c2ccccc2)nc(C2CC2)c1Br. The molecule has 1 aliphatic carbocycles. The summed E-state index contributed by atoms with van der Waals surface area (Å²) in [7, 11) is 1.91. The largest absolute Gasteiger partial charge is 0.372 e. The molecule has 0 amide bonds. The molecule has 1 aromatic heterocycles. The van der Waals surface area contributed by atoms with Gasteiger partial charge in [-0.25, -0.2) is 9.97 Å². The lowest BCUT2D eigenvalue weighted by molar-refractivity contribution is 0.585. The first-order valence-electron chi connectivity index (χ1n) is 7.35. The second kappa shape index (κ2) is 5.41. The molecule has 0 unspecified atom stereocenters. The van der Waals surface area contributed by atoms with Crippen molar-refractivity contribution in [2.45, 2.75) is 38.0 Å². The van der Waals surface area contributed by atoms with E-state index in [1.54, 1.807) is 0 Å². The number of aromatic nitrogens is 2. The van der Waals surface area contributed by atoms with Gasteiger partial charge in [-0.15, -0.1) is 0 Å². The van der Waals surface area contributed by atoms with Crippen LogP contribution in [-0.2, 0) is 5.41 Å². The second-order valence-corrected chi connectivity index (χ2v) is 6.90. The molecular weight excluding hydrogens is 326 g/mol. The molecule has 1 aliphatic rings. The minimum absolute atomic E-state index is 0.211. The van der Waals surface area contributed by atoms with E-state index in [-0.39, 0.29) is 5.41 Å². The van der Waals surface area contributed by atoms with Crippen LogP contribution >= 0.6 is 15.9 Å². The average molecular weight is 346 g/mol. The first kappa shape index (κ1) is 14.5. The van der Waals surface area contributed by atoms with Gasteiger partial charge >= 0.3 is 0 Å². The highest BCUT2D eigenvalue weighted by atomic mass is 79.9. The molecule has 0 radical (unpaired) electrons. The summed E-state index contributed by atoms with van der Waals surface area (Å²) in [5.41, 5.74) is 2.17. The van der Waals surface area contributed by atoms with Crippen molar-refractivity contribution in [3.05, 3.63) is 51.9 Å². The molecule has 0 bridgehead atoms. The van der Waals surface area contributed by atoms with Crippen molar-refractivity contribution in [2.75, 3.05) is 12.4 Å². The van der Waals surface area contributed by atoms with Gasteiger partial charge in [0, 0.05) is 18.4 Å². The molecule has 1 heterocycles. The van der Waals surface area contributed by atoms with E-state index in [4.69, 9.17) is 9.97 Å². The summed E-state index contributed by atoms with van der Waals surface area (Å²) in [6.07, 6.45) is 2.45. The van der Waals surface area contributed by atoms with Crippen LogP contribution in [0.2, 0.25) is 0 Å². The number of nitrogens with one attached hydrogen (secondary N) is 1. The van der Waals surface area contributed by atoms with E-state index in [0.29, 0.717) is 5.92 Å². The first-order chi connectivity index (χ1) is 10.0. The van der Waals surface area contributed by atoms with Crippen molar-refractivity contribution in [1.29, 1.82) is 0 Å². The Morgan fingerprint density at radius 3 is 2.38 bits per heavy atom. The molecular formula is C17H20BrN3. The zero-order valence-corrected chi connectivity index (χ0v) is 14.2. The van der Waals surface area contributed by atoms with E-state index in [0.717, 1.165) is 21.8 Å². The lowest BCUT2D eigenvalue weighted by atomic mass is 9.83. The number of rotatable bonds is 4. The summed E-state index contributed by atoms with van der Waals surface area (Å²) in [4.78, 5) is 9.63. The van der Waals surface area contributed by atoms with Crippen LogP contribution in [-0.4, -0.2) is 17.0 Å². The first-order valence-corrected chi connectivity index (χ1v) is 8.14. The van der Waals surface area contributed by atoms with Crippen LogP contribution in [0.1, 0.15) is 49.7 Å². The summed E-state index contributed by atoms with van der Waals surface area (Å²) in [5, 5.41) is 3.18. The molecule has 0 saturated heterocycles. The van der Waals surface area contributed by atoms with Crippen molar-refractivity contribution < 1.29 is 0 Å².